The van der Waals surface area contributed by atoms with E-state index < -0.39 is 36.7 Å². The summed E-state index contributed by atoms with van der Waals surface area (Å²) in [6, 6.07) is 20.7. The average molecular weight is 598 g/mol. The normalized spacial score (nSPS) is 12.6. The lowest BCUT2D eigenvalue weighted by Crippen LogP contribution is -2.49. The van der Waals surface area contributed by atoms with Crippen LogP contribution in [0, 0.1) is 6.92 Å². The van der Waals surface area contributed by atoms with Crippen LogP contribution in [0.15, 0.2) is 60.7 Å². The molecular weight excluding hydrogens is 558 g/mol. The van der Waals surface area contributed by atoms with E-state index in [0.29, 0.717) is 19.4 Å². The fraction of sp³-hybridized carbons (Fsp3) is 0.424. The van der Waals surface area contributed by atoms with E-state index in [0.717, 1.165) is 54.7 Å². The molecule has 9 heteroatoms. The number of hydrogen-bond donors (Lipinski definition) is 3. The number of nitrogens with one attached hydrogen (secondary N) is 1. The lowest BCUT2D eigenvalue weighted by atomic mass is 10.0. The predicted octanol–water partition coefficient (Wildman–Crippen LogP) is 5.98. The van der Waals surface area contributed by atoms with Crippen molar-refractivity contribution in [3.63, 3.8) is 0 Å². The molecule has 0 aliphatic heterocycles. The molecule has 3 rings (SSSR count). The second-order valence-corrected chi connectivity index (χ2v) is 10.8. The van der Waals surface area contributed by atoms with Crippen LogP contribution in [0.3, 0.4) is 0 Å². The number of fused-ring (bicyclic) bond motifs is 1. The monoisotopic (exact) mass is 597 g/mol. The maximum absolute atomic E-state index is 12.9. The Labute approximate surface area is 252 Å². The number of aryl methyl sites for hydroxylation is 3. The lowest BCUT2D eigenvalue weighted by Gasteiger charge is -2.23. The zero-order chi connectivity index (χ0) is 30.3. The molecule has 42 heavy (non-hydrogen) atoms. The fourth-order valence-corrected chi connectivity index (χ4v) is 4.90. The summed E-state index contributed by atoms with van der Waals surface area (Å²) in [5.41, 5.74) is 3.42. The highest BCUT2D eigenvalue weighted by Crippen LogP contribution is 2.19. The van der Waals surface area contributed by atoms with Crippen LogP contribution < -0.4 is 5.32 Å². The standard InChI is InChI=1S/C33H40ClNO7/c1-23-14-15-25(21-28(23)34)11-5-3-9-19-41-30(31(33(39)40)42-22-29(36)37)32(38)35-18-8-2-4-10-24-16-17-26-12-6-7-13-27(26)20-24/h6-7,12-17,20-21,30-31H,2-5,8-11,18-19,22H2,1H3,(H,35,38)(H,36,37)(H,39,40)/t30-,31-/m1/s1. The summed E-state index contributed by atoms with van der Waals surface area (Å²) >= 11 is 6.19. The minimum Gasteiger partial charge on any atom is -0.480 e. The quantitative estimate of drug-likeness (QED) is 0.145. The SMILES string of the molecule is Cc1ccc(CCCCCO[C@@H](C(=O)NCCCCCc2ccc3ccccc3c2)[C@@H](OCC(=O)O)C(=O)O)cc1Cl. The van der Waals surface area contributed by atoms with Crippen molar-refractivity contribution >= 4 is 40.2 Å². The molecule has 0 spiro atoms. The molecular formula is C33H40ClNO7. The van der Waals surface area contributed by atoms with Crippen LogP contribution in [0.1, 0.15) is 55.2 Å². The number of rotatable bonds is 19. The van der Waals surface area contributed by atoms with Crippen molar-refractivity contribution in [1.82, 2.24) is 5.32 Å². The van der Waals surface area contributed by atoms with E-state index in [1.165, 1.54) is 16.3 Å². The highest BCUT2D eigenvalue weighted by molar-refractivity contribution is 6.31. The van der Waals surface area contributed by atoms with Gasteiger partial charge in [0.2, 0.25) is 0 Å². The largest absolute Gasteiger partial charge is 0.480 e. The van der Waals surface area contributed by atoms with Crippen molar-refractivity contribution in [3.05, 3.63) is 82.4 Å². The highest BCUT2D eigenvalue weighted by Gasteiger charge is 2.36. The fourth-order valence-electron chi connectivity index (χ4n) is 4.70. The molecule has 226 valence electrons. The lowest BCUT2D eigenvalue weighted by molar-refractivity contribution is -0.172. The van der Waals surface area contributed by atoms with Crippen molar-refractivity contribution in [3.8, 4) is 0 Å². The van der Waals surface area contributed by atoms with E-state index >= 15 is 0 Å². The number of halogens is 1. The first kappa shape index (κ1) is 33.0. The smallest absolute Gasteiger partial charge is 0.336 e. The Bertz CT molecular complexity index is 1330. The number of unbranched alkanes of at least 4 members (excludes halogenated alkanes) is 4. The Morgan fingerprint density at radius 3 is 2.14 bits per heavy atom. The summed E-state index contributed by atoms with van der Waals surface area (Å²) in [5.74, 6) is -3.41. The van der Waals surface area contributed by atoms with Gasteiger partial charge in [-0.1, -0.05) is 79.0 Å². The number of carboxylic acid groups (broad SMARTS) is 2. The van der Waals surface area contributed by atoms with Crippen LogP contribution >= 0.6 is 11.6 Å². The van der Waals surface area contributed by atoms with Gasteiger partial charge < -0.3 is 25.0 Å². The second-order valence-electron chi connectivity index (χ2n) is 10.4. The summed E-state index contributed by atoms with van der Waals surface area (Å²) in [5, 5.41) is 24.5. The molecule has 3 aromatic carbocycles. The van der Waals surface area contributed by atoms with Gasteiger partial charge in [-0.2, -0.15) is 0 Å². The topological polar surface area (TPSA) is 122 Å². The summed E-state index contributed by atoms with van der Waals surface area (Å²) in [4.78, 5) is 35.8. The van der Waals surface area contributed by atoms with Crippen LogP contribution in [0.4, 0.5) is 0 Å². The molecule has 0 aliphatic carbocycles. The third-order valence-electron chi connectivity index (χ3n) is 7.06. The Morgan fingerprint density at radius 1 is 0.786 bits per heavy atom. The number of carbonyl (C=O) groups excluding carboxylic acids is 1. The van der Waals surface area contributed by atoms with Gasteiger partial charge in [0.15, 0.2) is 12.2 Å². The van der Waals surface area contributed by atoms with Crippen molar-refractivity contribution in [2.24, 2.45) is 0 Å². The van der Waals surface area contributed by atoms with Crippen LogP contribution in [0.2, 0.25) is 5.02 Å². The third-order valence-corrected chi connectivity index (χ3v) is 7.47. The maximum Gasteiger partial charge on any atom is 0.336 e. The first-order valence-electron chi connectivity index (χ1n) is 14.4. The molecule has 0 aromatic heterocycles. The van der Waals surface area contributed by atoms with Crippen LogP contribution in [0.5, 0.6) is 0 Å². The van der Waals surface area contributed by atoms with Crippen LogP contribution in [-0.4, -0.2) is 60.0 Å². The van der Waals surface area contributed by atoms with Crippen molar-refractivity contribution in [1.29, 1.82) is 0 Å². The molecule has 2 atom stereocenters. The van der Waals surface area contributed by atoms with Gasteiger partial charge in [0, 0.05) is 18.2 Å². The zero-order valence-corrected chi connectivity index (χ0v) is 24.8. The molecule has 0 bridgehead atoms. The first-order valence-corrected chi connectivity index (χ1v) is 14.8. The number of carboxylic acids is 2. The van der Waals surface area contributed by atoms with E-state index in [1.54, 1.807) is 0 Å². The molecule has 8 nitrogen and oxygen atoms in total. The predicted molar refractivity (Wildman–Crippen MR) is 163 cm³/mol. The Balaban J connectivity index is 1.43. The second kappa shape index (κ2) is 17.5. The maximum atomic E-state index is 12.9. The molecule has 0 radical (unpaired) electrons. The minimum atomic E-state index is -1.73. The van der Waals surface area contributed by atoms with Crippen LogP contribution in [-0.2, 0) is 36.7 Å². The Kier molecular flexibility index (Phi) is 13.8. The summed E-state index contributed by atoms with van der Waals surface area (Å²) in [6.07, 6.45) is 3.37. The van der Waals surface area contributed by atoms with Crippen molar-refractivity contribution < 1.29 is 34.1 Å². The Morgan fingerprint density at radius 2 is 1.45 bits per heavy atom. The van der Waals surface area contributed by atoms with Crippen LogP contribution in [0.25, 0.3) is 10.8 Å². The number of amides is 1. The van der Waals surface area contributed by atoms with Gasteiger partial charge >= 0.3 is 11.9 Å². The minimum absolute atomic E-state index is 0.138. The van der Waals surface area contributed by atoms with Gasteiger partial charge in [-0.3, -0.25) is 4.79 Å². The molecule has 0 saturated heterocycles. The van der Waals surface area contributed by atoms with E-state index in [2.05, 4.69) is 35.6 Å². The Hall–Kier alpha value is -3.46. The molecule has 3 aromatic rings. The van der Waals surface area contributed by atoms with E-state index in [1.807, 2.05) is 37.3 Å². The average Bonchev–Trinajstić information content (AvgIpc) is 2.96. The van der Waals surface area contributed by atoms with Crippen molar-refractivity contribution in [2.45, 2.75) is 70.5 Å². The molecule has 0 fully saturated rings. The number of ether oxygens (including phenoxy) is 2. The number of benzene rings is 3. The summed E-state index contributed by atoms with van der Waals surface area (Å²) in [6.45, 7) is 1.59. The molecule has 1 amide bonds. The molecule has 0 heterocycles. The van der Waals surface area contributed by atoms with E-state index in [4.69, 9.17) is 26.2 Å². The third kappa shape index (κ3) is 11.1. The first-order chi connectivity index (χ1) is 20.2. The summed E-state index contributed by atoms with van der Waals surface area (Å²) < 4.78 is 10.7. The number of hydrogen-bond acceptors (Lipinski definition) is 5. The summed E-state index contributed by atoms with van der Waals surface area (Å²) in [7, 11) is 0. The zero-order valence-electron chi connectivity index (χ0n) is 24.0. The van der Waals surface area contributed by atoms with Crippen molar-refractivity contribution in [2.75, 3.05) is 19.8 Å². The van der Waals surface area contributed by atoms with E-state index in [9.17, 15) is 19.5 Å². The van der Waals surface area contributed by atoms with Gasteiger partial charge in [0.1, 0.15) is 6.61 Å². The molecule has 0 saturated carbocycles. The molecule has 3 N–H and O–H groups in total. The number of carbonyl (C=O) groups is 3. The van der Waals surface area contributed by atoms with Gasteiger partial charge in [-0.15, -0.1) is 0 Å². The molecule has 0 aliphatic rings. The van der Waals surface area contributed by atoms with Gasteiger partial charge in [-0.25, -0.2) is 9.59 Å². The van der Waals surface area contributed by atoms with Gasteiger partial charge in [0.05, 0.1) is 0 Å². The molecule has 0 unspecified atom stereocenters. The number of aliphatic carboxylic acids is 2. The highest BCUT2D eigenvalue weighted by atomic mass is 35.5. The van der Waals surface area contributed by atoms with Gasteiger partial charge in [0.25, 0.3) is 5.91 Å². The van der Waals surface area contributed by atoms with Gasteiger partial charge in [-0.05, 0) is 79.0 Å². The van der Waals surface area contributed by atoms with E-state index in [-0.39, 0.29) is 6.61 Å².